The molecule has 0 spiro atoms. The number of phenolic OH excluding ortho intramolecular Hbond substituents is 1. The van der Waals surface area contributed by atoms with E-state index in [0.717, 1.165) is 0 Å². The molecule has 0 bridgehead atoms. The van der Waals surface area contributed by atoms with Crippen molar-refractivity contribution in [1.29, 1.82) is 0 Å². The monoisotopic (exact) mass is 426 g/mol. The number of aromatic hydroxyl groups is 1. The molecule has 3 rings (SSSR count). The Balaban J connectivity index is 2.03. The molecule has 0 aliphatic carbocycles. The lowest BCUT2D eigenvalue weighted by Gasteiger charge is -2.17. The number of carbonyl (C=O) groups excluding carboxylic acids is 1. The van der Waals surface area contributed by atoms with Gasteiger partial charge in [0.2, 0.25) is 9.84 Å². The minimum absolute atomic E-state index is 0.0154. The molecule has 0 radical (unpaired) electrons. The maximum Gasteiger partial charge on any atom is 0.269 e. The Morgan fingerprint density at radius 2 is 1.63 bits per heavy atom. The third kappa shape index (κ3) is 3.87. The summed E-state index contributed by atoms with van der Waals surface area (Å²) in [5, 5.41) is 23.9. The number of aryl methyl sites for hydroxylation is 1. The minimum atomic E-state index is -4.04. The van der Waals surface area contributed by atoms with E-state index >= 15 is 0 Å². The lowest BCUT2D eigenvalue weighted by atomic mass is 10.1. The van der Waals surface area contributed by atoms with Crippen LogP contribution >= 0.6 is 0 Å². The number of nitrogens with one attached hydrogen (secondary N) is 1. The fourth-order valence-electron chi connectivity index (χ4n) is 2.98. The molecule has 0 saturated carbocycles. The number of carbonyl (C=O) groups is 1. The van der Waals surface area contributed by atoms with Crippen LogP contribution in [0, 0.1) is 24.0 Å². The average molecular weight is 426 g/mol. The number of hydrogen-bond donors (Lipinski definition) is 2. The van der Waals surface area contributed by atoms with Gasteiger partial charge in [-0.1, -0.05) is 18.2 Å². The van der Waals surface area contributed by atoms with Crippen molar-refractivity contribution in [1.82, 2.24) is 0 Å². The Kier molecular flexibility index (Phi) is 5.57. The topological polar surface area (TPSA) is 127 Å². The van der Waals surface area contributed by atoms with Crippen molar-refractivity contribution in [3.8, 4) is 5.75 Å². The Morgan fingerprint density at radius 1 is 1.03 bits per heavy atom. The molecule has 9 heteroatoms. The molecule has 0 saturated heterocycles. The number of hydrogen-bond acceptors (Lipinski definition) is 6. The van der Waals surface area contributed by atoms with Crippen LogP contribution in [-0.4, -0.2) is 24.4 Å². The van der Waals surface area contributed by atoms with Crippen molar-refractivity contribution >= 4 is 27.1 Å². The van der Waals surface area contributed by atoms with Crippen LogP contribution in [0.4, 0.5) is 11.4 Å². The summed E-state index contributed by atoms with van der Waals surface area (Å²) in [6, 6.07) is 14.2. The van der Waals surface area contributed by atoms with E-state index in [-0.39, 0.29) is 43.6 Å². The number of phenols is 1. The van der Waals surface area contributed by atoms with E-state index in [1.54, 1.807) is 18.2 Å². The molecule has 154 valence electrons. The molecule has 0 atom stereocenters. The van der Waals surface area contributed by atoms with Crippen LogP contribution in [0.1, 0.15) is 21.5 Å². The molecular weight excluding hydrogens is 408 g/mol. The predicted molar refractivity (Wildman–Crippen MR) is 111 cm³/mol. The Bertz CT molecular complexity index is 1240. The van der Waals surface area contributed by atoms with E-state index in [4.69, 9.17) is 0 Å². The van der Waals surface area contributed by atoms with Crippen molar-refractivity contribution in [3.63, 3.8) is 0 Å². The third-order valence-electron chi connectivity index (χ3n) is 4.60. The van der Waals surface area contributed by atoms with Gasteiger partial charge in [-0.2, -0.15) is 0 Å². The van der Waals surface area contributed by atoms with Gasteiger partial charge in [-0.05, 0) is 55.3 Å². The highest BCUT2D eigenvalue weighted by Gasteiger charge is 2.27. The summed E-state index contributed by atoms with van der Waals surface area (Å²) in [6.45, 7) is 3.01. The number of sulfone groups is 1. The molecule has 0 heterocycles. The Hall–Kier alpha value is -3.72. The van der Waals surface area contributed by atoms with Gasteiger partial charge in [0, 0.05) is 23.4 Å². The average Bonchev–Trinajstić information content (AvgIpc) is 2.72. The summed E-state index contributed by atoms with van der Waals surface area (Å²) in [4.78, 5) is 22.5. The minimum Gasteiger partial charge on any atom is -0.506 e. The lowest BCUT2D eigenvalue weighted by Crippen LogP contribution is -2.15. The number of nitrogens with zero attached hydrogens (tertiary/aromatic N) is 1. The van der Waals surface area contributed by atoms with Gasteiger partial charge in [0.05, 0.1) is 9.82 Å². The predicted octanol–water partition coefficient (Wildman–Crippen LogP) is 4.00. The maximum absolute atomic E-state index is 13.1. The maximum atomic E-state index is 13.1. The molecule has 0 aliphatic rings. The normalized spacial score (nSPS) is 11.1. The zero-order chi connectivity index (χ0) is 22.1. The fourth-order valence-corrected chi connectivity index (χ4v) is 4.66. The van der Waals surface area contributed by atoms with Gasteiger partial charge in [0.15, 0.2) is 0 Å². The molecule has 30 heavy (non-hydrogen) atoms. The molecule has 2 N–H and O–H groups in total. The summed E-state index contributed by atoms with van der Waals surface area (Å²) in [5.74, 6) is -0.953. The largest absolute Gasteiger partial charge is 0.506 e. The second-order valence-corrected chi connectivity index (χ2v) is 8.50. The molecule has 0 aromatic heterocycles. The van der Waals surface area contributed by atoms with Crippen molar-refractivity contribution in [2.45, 2.75) is 23.6 Å². The Morgan fingerprint density at radius 3 is 2.20 bits per heavy atom. The second-order valence-electron chi connectivity index (χ2n) is 6.62. The van der Waals surface area contributed by atoms with Gasteiger partial charge < -0.3 is 10.4 Å². The number of benzene rings is 3. The first-order valence-corrected chi connectivity index (χ1v) is 10.3. The van der Waals surface area contributed by atoms with Gasteiger partial charge in [0.25, 0.3) is 11.6 Å². The van der Waals surface area contributed by atoms with Crippen LogP contribution in [-0.2, 0) is 9.84 Å². The van der Waals surface area contributed by atoms with E-state index in [2.05, 4.69) is 5.32 Å². The number of nitro benzene ring substituents is 1. The summed E-state index contributed by atoms with van der Waals surface area (Å²) >= 11 is 0. The number of amides is 1. The zero-order valence-corrected chi connectivity index (χ0v) is 16.9. The van der Waals surface area contributed by atoms with Crippen molar-refractivity contribution in [3.05, 3.63) is 87.5 Å². The molecule has 3 aromatic carbocycles. The molecule has 0 unspecified atom stereocenters. The van der Waals surface area contributed by atoms with Crippen LogP contribution in [0.15, 0.2) is 70.5 Å². The Labute approximate surface area is 172 Å². The van der Waals surface area contributed by atoms with E-state index < -0.39 is 20.7 Å². The standard InChI is InChI=1S/C21H18N2O6S/c1-13-12-18(22-21(25)15-8-10-16(11-9-15)23(26)27)14(2)20(19(13)24)30(28,29)17-6-4-3-5-7-17/h3-12,24H,1-2H3,(H,22,25). The van der Waals surface area contributed by atoms with E-state index in [0.29, 0.717) is 0 Å². The van der Waals surface area contributed by atoms with Crippen molar-refractivity contribution < 1.29 is 23.2 Å². The number of rotatable bonds is 5. The first kappa shape index (κ1) is 21.0. The van der Waals surface area contributed by atoms with Gasteiger partial charge >= 0.3 is 0 Å². The SMILES string of the molecule is Cc1cc(NC(=O)c2ccc([N+](=O)[O-])cc2)c(C)c(S(=O)(=O)c2ccccc2)c1O. The molecule has 0 fully saturated rings. The van der Waals surface area contributed by atoms with Crippen LogP contribution in [0.5, 0.6) is 5.75 Å². The highest BCUT2D eigenvalue weighted by molar-refractivity contribution is 7.91. The van der Waals surface area contributed by atoms with Crippen LogP contribution in [0.25, 0.3) is 0 Å². The van der Waals surface area contributed by atoms with Gasteiger partial charge in [-0.3, -0.25) is 14.9 Å². The first-order chi connectivity index (χ1) is 14.1. The van der Waals surface area contributed by atoms with Gasteiger partial charge in [-0.25, -0.2) is 8.42 Å². The molecule has 3 aromatic rings. The number of anilines is 1. The molecule has 0 aliphatic heterocycles. The third-order valence-corrected chi connectivity index (χ3v) is 6.53. The van der Waals surface area contributed by atoms with Crippen LogP contribution in [0.3, 0.4) is 0 Å². The molecule has 1 amide bonds. The van der Waals surface area contributed by atoms with E-state index in [1.807, 2.05) is 0 Å². The van der Waals surface area contributed by atoms with Crippen molar-refractivity contribution in [2.24, 2.45) is 0 Å². The number of nitro groups is 1. The highest BCUT2D eigenvalue weighted by atomic mass is 32.2. The summed E-state index contributed by atoms with van der Waals surface area (Å²) in [7, 11) is -4.04. The quantitative estimate of drug-likeness (QED) is 0.361. The van der Waals surface area contributed by atoms with Gasteiger partial charge in [0.1, 0.15) is 10.6 Å². The zero-order valence-electron chi connectivity index (χ0n) is 16.1. The summed E-state index contributed by atoms with van der Waals surface area (Å²) in [5.41, 5.74) is 0.673. The summed E-state index contributed by atoms with van der Waals surface area (Å²) < 4.78 is 26.2. The molecule has 8 nitrogen and oxygen atoms in total. The fraction of sp³-hybridized carbons (Fsp3) is 0.0952. The van der Waals surface area contributed by atoms with Crippen molar-refractivity contribution in [2.75, 3.05) is 5.32 Å². The second kappa shape index (κ2) is 7.96. The first-order valence-electron chi connectivity index (χ1n) is 8.82. The van der Waals surface area contributed by atoms with Gasteiger partial charge in [-0.15, -0.1) is 0 Å². The smallest absolute Gasteiger partial charge is 0.269 e. The molecular formula is C21H18N2O6S. The lowest BCUT2D eigenvalue weighted by molar-refractivity contribution is -0.384. The van der Waals surface area contributed by atoms with E-state index in [1.165, 1.54) is 56.3 Å². The number of non-ortho nitro benzene ring substituents is 1. The summed E-state index contributed by atoms with van der Waals surface area (Å²) in [6.07, 6.45) is 0. The highest BCUT2D eigenvalue weighted by Crippen LogP contribution is 2.38. The van der Waals surface area contributed by atoms with E-state index in [9.17, 15) is 28.4 Å². The van der Waals surface area contributed by atoms with Crippen LogP contribution < -0.4 is 5.32 Å². The van der Waals surface area contributed by atoms with Crippen LogP contribution in [0.2, 0.25) is 0 Å².